The number of nitrogens with one attached hydrogen (secondary N) is 1. The first-order valence-electron chi connectivity index (χ1n) is 13.9. The number of hydrogen-bond donors (Lipinski definition) is 1. The first-order valence-corrected chi connectivity index (χ1v) is 16.6. The van der Waals surface area contributed by atoms with Gasteiger partial charge in [-0.3, -0.25) is 9.67 Å². The molecule has 0 aromatic carbocycles. The van der Waals surface area contributed by atoms with Crippen LogP contribution in [0.5, 0.6) is 0 Å². The lowest BCUT2D eigenvalue weighted by Gasteiger charge is -2.42. The third kappa shape index (κ3) is 5.75. The quantitative estimate of drug-likeness (QED) is 0.345. The van der Waals surface area contributed by atoms with E-state index in [0.29, 0.717) is 35.3 Å². The second-order valence-corrected chi connectivity index (χ2v) is 14.2. The number of carbonyl (C=O) groups excluding carboxylic acids is 1. The van der Waals surface area contributed by atoms with Crippen LogP contribution in [0.15, 0.2) is 84.8 Å². The van der Waals surface area contributed by atoms with Crippen molar-refractivity contribution in [3.8, 4) is 0 Å². The second kappa shape index (κ2) is 12.2. The first-order chi connectivity index (χ1) is 21.5. The molecule has 0 spiro atoms. The molecule has 2 atom stereocenters. The Bertz CT molecular complexity index is 1830. The molecule has 12 nitrogen and oxygen atoms in total. The minimum absolute atomic E-state index is 0.0292. The van der Waals surface area contributed by atoms with Gasteiger partial charge in [0.1, 0.15) is 17.7 Å². The zero-order valence-corrected chi connectivity index (χ0v) is 26.5. The van der Waals surface area contributed by atoms with Gasteiger partial charge in [-0.05, 0) is 25.3 Å². The summed E-state index contributed by atoms with van der Waals surface area (Å²) in [6.07, 6.45) is 8.96. The molecule has 1 aliphatic carbocycles. The molecule has 0 radical (unpaired) electrons. The molecule has 1 N–H and O–H groups in total. The van der Waals surface area contributed by atoms with Crippen LogP contribution >= 0.6 is 22.9 Å². The molecule has 1 saturated heterocycles. The van der Waals surface area contributed by atoms with Crippen molar-refractivity contribution in [3.05, 3.63) is 81.4 Å². The molecule has 17 heteroatoms. The van der Waals surface area contributed by atoms with E-state index < -0.39 is 39.1 Å². The highest BCUT2D eigenvalue weighted by atomic mass is 35.5. The fraction of sp³-hybridized carbons (Fsp3) is 0.393. The Hall–Kier alpha value is -3.73. The Morgan fingerprint density at radius 2 is 2.04 bits per heavy atom. The van der Waals surface area contributed by atoms with Crippen molar-refractivity contribution >= 4 is 44.8 Å². The smallest absolute Gasteiger partial charge is 0.337 e. The number of carbonyl (C=O) groups is 1. The van der Waals surface area contributed by atoms with E-state index in [1.165, 1.54) is 52.3 Å². The number of amidine groups is 1. The van der Waals surface area contributed by atoms with Crippen LogP contribution in [0.2, 0.25) is 0 Å². The molecule has 2 aliphatic heterocycles. The highest BCUT2D eigenvalue weighted by molar-refractivity contribution is 7.89. The van der Waals surface area contributed by atoms with Gasteiger partial charge >= 0.3 is 5.97 Å². The van der Waals surface area contributed by atoms with E-state index in [2.05, 4.69) is 20.4 Å². The topological polar surface area (TPSA) is 145 Å². The van der Waals surface area contributed by atoms with Gasteiger partial charge < -0.3 is 14.5 Å². The van der Waals surface area contributed by atoms with Gasteiger partial charge in [0, 0.05) is 47.9 Å². The second-order valence-electron chi connectivity index (χ2n) is 10.9. The average Bonchev–Trinajstić information content (AvgIpc) is 3.86. The number of nitrogens with zero attached hydrogens (tertiary/aromatic N) is 6. The zero-order chi connectivity index (χ0) is 31.9. The summed E-state index contributed by atoms with van der Waals surface area (Å²) in [7, 11) is -2.66. The Kier molecular flexibility index (Phi) is 8.49. The lowest BCUT2D eigenvalue weighted by atomic mass is 9.71. The van der Waals surface area contributed by atoms with Crippen LogP contribution in [0.3, 0.4) is 0 Å². The predicted molar refractivity (Wildman–Crippen MR) is 160 cm³/mol. The van der Waals surface area contributed by atoms with Crippen LogP contribution in [-0.4, -0.2) is 70.5 Å². The molecule has 3 aromatic rings. The Balaban J connectivity index is 1.30. The maximum atomic E-state index is 14.9. The highest BCUT2D eigenvalue weighted by Crippen LogP contribution is 2.50. The predicted octanol–water partition coefficient (Wildman–Crippen LogP) is 4.31. The lowest BCUT2D eigenvalue weighted by Crippen LogP contribution is -2.48. The molecule has 6 rings (SSSR count). The third-order valence-electron chi connectivity index (χ3n) is 8.22. The number of esters is 1. The van der Waals surface area contributed by atoms with E-state index in [1.807, 2.05) is 0 Å². The number of thiazole rings is 1. The van der Waals surface area contributed by atoms with E-state index in [9.17, 15) is 22.0 Å². The van der Waals surface area contributed by atoms with Crippen molar-refractivity contribution in [2.24, 2.45) is 16.3 Å². The minimum atomic E-state index is -3.88. The highest BCUT2D eigenvalue weighted by Gasteiger charge is 2.49. The molecule has 45 heavy (non-hydrogen) atoms. The number of aliphatic imine (C=N–C) groups is 1. The number of ether oxygens (including phenoxy) is 1. The molecule has 0 saturated carbocycles. The number of piperidine rings is 1. The summed E-state index contributed by atoms with van der Waals surface area (Å²) in [6.45, 7) is 2.09. The number of halogens is 3. The van der Waals surface area contributed by atoms with Gasteiger partial charge in [-0.25, -0.2) is 32.0 Å². The minimum Gasteiger partial charge on any atom is -0.466 e. The first kappa shape index (κ1) is 31.3. The number of methoxy groups -OCH3 is 1. The number of aromatic nitrogens is 4. The summed E-state index contributed by atoms with van der Waals surface area (Å²) in [4.78, 5) is 26.6. The summed E-state index contributed by atoms with van der Waals surface area (Å²) in [6, 6.07) is -1.06. The number of rotatable bonds is 8. The summed E-state index contributed by atoms with van der Waals surface area (Å²) < 4.78 is 69.3. The van der Waals surface area contributed by atoms with Crippen LogP contribution in [0, 0.1) is 11.3 Å². The maximum absolute atomic E-state index is 14.9. The van der Waals surface area contributed by atoms with Gasteiger partial charge in [-0.15, -0.1) is 11.3 Å². The number of oxazole rings is 1. The number of sulfonamides is 1. The molecular weight excluding hydrogens is 652 g/mol. The summed E-state index contributed by atoms with van der Waals surface area (Å²) >= 11 is 7.76. The van der Waals surface area contributed by atoms with Crippen molar-refractivity contribution in [2.75, 3.05) is 20.2 Å². The molecule has 238 valence electrons. The SMILES string of the molecule is COC(=O)C1=C(C2CCN(S(=O)(=O)c3cnn(Cc4ncco4)c3)CC2)NC(c2nccs2)=N[C@@H]1C1(C)CC=C(F)C(F)=C1Cl. The largest absolute Gasteiger partial charge is 0.466 e. The van der Waals surface area contributed by atoms with E-state index in [4.69, 9.17) is 25.7 Å². The van der Waals surface area contributed by atoms with Crippen LogP contribution in [0.1, 0.15) is 37.1 Å². The van der Waals surface area contributed by atoms with Crippen molar-refractivity contribution in [1.29, 1.82) is 0 Å². The monoisotopic (exact) mass is 679 g/mol. The van der Waals surface area contributed by atoms with E-state index >= 15 is 0 Å². The van der Waals surface area contributed by atoms with Crippen LogP contribution < -0.4 is 5.32 Å². The zero-order valence-electron chi connectivity index (χ0n) is 24.1. The Labute approximate surface area is 266 Å². The van der Waals surface area contributed by atoms with Gasteiger partial charge in [0.2, 0.25) is 15.9 Å². The van der Waals surface area contributed by atoms with Crippen LogP contribution in [0.25, 0.3) is 0 Å². The normalized spacial score (nSPS) is 23.5. The fourth-order valence-electron chi connectivity index (χ4n) is 5.77. The van der Waals surface area contributed by atoms with E-state index in [-0.39, 0.29) is 47.5 Å². The molecule has 5 heterocycles. The van der Waals surface area contributed by atoms with E-state index in [1.54, 1.807) is 18.5 Å². The Morgan fingerprint density at radius 1 is 1.27 bits per heavy atom. The Morgan fingerprint density at radius 3 is 2.71 bits per heavy atom. The van der Waals surface area contributed by atoms with Crippen molar-refractivity contribution in [1.82, 2.24) is 29.4 Å². The summed E-state index contributed by atoms with van der Waals surface area (Å²) in [5.74, 6) is -2.59. The van der Waals surface area contributed by atoms with Crippen LogP contribution in [0.4, 0.5) is 8.78 Å². The average molecular weight is 680 g/mol. The van der Waals surface area contributed by atoms with Gasteiger partial charge in [0.25, 0.3) is 0 Å². The molecule has 0 amide bonds. The van der Waals surface area contributed by atoms with Gasteiger partial charge in [0.05, 0.1) is 36.2 Å². The molecule has 1 unspecified atom stereocenters. The van der Waals surface area contributed by atoms with Gasteiger partial charge in [-0.2, -0.15) is 9.40 Å². The molecule has 0 bridgehead atoms. The standard InChI is InChI=1S/C28H28ClF2N7O5S2/c1-28(6-3-18(30)21(31)23(28)29)24-20(27(39)42-2)22(35-25(36-24)26-33-8-12-44-26)16-4-9-38(10-5-16)45(40,41)17-13-34-37(14-17)15-19-32-7-11-43-19/h3,7-8,11-14,16,24H,4-6,9-10,15H2,1-2H3,(H,35,36)/t24-,28?/m0/s1. The van der Waals surface area contributed by atoms with Gasteiger partial charge in [0.15, 0.2) is 22.5 Å². The maximum Gasteiger partial charge on any atom is 0.337 e. The number of hydrogen-bond acceptors (Lipinski definition) is 11. The molecule has 3 aliphatic rings. The van der Waals surface area contributed by atoms with Crippen molar-refractivity contribution in [2.45, 2.75) is 43.7 Å². The van der Waals surface area contributed by atoms with Crippen molar-refractivity contribution < 1.29 is 31.1 Å². The number of allylic oxidation sites excluding steroid dienone is 4. The van der Waals surface area contributed by atoms with Crippen molar-refractivity contribution in [3.63, 3.8) is 0 Å². The lowest BCUT2D eigenvalue weighted by molar-refractivity contribution is -0.136. The van der Waals surface area contributed by atoms with Crippen LogP contribution in [-0.2, 0) is 26.1 Å². The van der Waals surface area contributed by atoms with Gasteiger partial charge in [-0.1, -0.05) is 18.5 Å². The molecular formula is C28H28ClF2N7O5S2. The molecule has 3 aromatic heterocycles. The summed E-state index contributed by atoms with van der Waals surface area (Å²) in [5.41, 5.74) is -0.740. The fourth-order valence-corrected chi connectivity index (χ4v) is 8.05. The summed E-state index contributed by atoms with van der Waals surface area (Å²) in [5, 5.41) is 9.29. The van der Waals surface area contributed by atoms with E-state index in [0.717, 1.165) is 6.08 Å². The molecule has 1 fully saturated rings. The third-order valence-corrected chi connectivity index (χ3v) is 11.4.